The van der Waals surface area contributed by atoms with Crippen molar-refractivity contribution in [3.63, 3.8) is 0 Å². The molecule has 2 saturated heterocycles. The predicted molar refractivity (Wildman–Crippen MR) is 120 cm³/mol. The monoisotopic (exact) mass is 441 g/mol. The third-order valence-electron chi connectivity index (χ3n) is 12.0. The van der Waals surface area contributed by atoms with Gasteiger partial charge in [0.2, 0.25) is 0 Å². The smallest absolute Gasteiger partial charge is 0.172 e. The molecule has 5 heteroatoms. The molecular formula is C27H39NO4. The lowest BCUT2D eigenvalue weighted by Gasteiger charge is -2.55. The molecule has 3 aliphatic heterocycles. The molecule has 0 aromatic rings. The lowest BCUT2D eigenvalue weighted by atomic mass is 9.49. The van der Waals surface area contributed by atoms with E-state index in [9.17, 15) is 4.79 Å². The summed E-state index contributed by atoms with van der Waals surface area (Å²) in [5.41, 5.74) is 1.17. The molecule has 176 valence electrons. The van der Waals surface area contributed by atoms with E-state index in [1.807, 2.05) is 0 Å². The Labute approximate surface area is 192 Å². The van der Waals surface area contributed by atoms with Gasteiger partial charge in [0, 0.05) is 31.1 Å². The van der Waals surface area contributed by atoms with Gasteiger partial charge in [-0.3, -0.25) is 4.79 Å². The van der Waals surface area contributed by atoms with Gasteiger partial charge >= 0.3 is 0 Å². The molecule has 0 N–H and O–H groups in total. The minimum Gasteiger partial charge on any atom is -0.388 e. The summed E-state index contributed by atoms with van der Waals surface area (Å²) in [5, 5.41) is 4.84. The SMILES string of the molecule is C[C@H]1[C@H]2[C@H](C[C@]34C(=NO[C@]23C)C[C@H]2[C@H]4CC[C@H]3CC(=O)CC[C@@]32C)O[C@]12CCC(C)(C)O2. The Morgan fingerprint density at radius 1 is 1.00 bits per heavy atom. The van der Waals surface area contributed by atoms with Crippen molar-refractivity contribution in [2.24, 2.45) is 45.6 Å². The molecule has 7 aliphatic rings. The van der Waals surface area contributed by atoms with Gasteiger partial charge in [0.05, 0.1) is 22.8 Å². The molecule has 0 amide bonds. The highest BCUT2D eigenvalue weighted by Gasteiger charge is 2.81. The average Bonchev–Trinajstić information content (AvgIpc) is 3.43. The van der Waals surface area contributed by atoms with Crippen molar-refractivity contribution in [3.05, 3.63) is 0 Å². The van der Waals surface area contributed by atoms with Crippen LogP contribution in [0.5, 0.6) is 0 Å². The summed E-state index contributed by atoms with van der Waals surface area (Å²) >= 11 is 0. The molecule has 7 rings (SSSR count). The van der Waals surface area contributed by atoms with Crippen LogP contribution in [0.2, 0.25) is 0 Å². The quantitative estimate of drug-likeness (QED) is 0.514. The van der Waals surface area contributed by atoms with E-state index in [0.29, 0.717) is 35.4 Å². The Hall–Kier alpha value is -0.940. The Bertz CT molecular complexity index is 929. The Morgan fingerprint density at radius 2 is 1.81 bits per heavy atom. The van der Waals surface area contributed by atoms with Crippen molar-refractivity contribution in [1.29, 1.82) is 0 Å². The number of ketones is 1. The molecule has 0 unspecified atom stereocenters. The molecule has 10 atom stereocenters. The summed E-state index contributed by atoms with van der Waals surface area (Å²) in [6.07, 6.45) is 9.32. The van der Waals surface area contributed by atoms with Crippen LogP contribution < -0.4 is 0 Å². The van der Waals surface area contributed by atoms with E-state index in [1.54, 1.807) is 0 Å². The second kappa shape index (κ2) is 5.82. The highest BCUT2D eigenvalue weighted by Crippen LogP contribution is 2.75. The number of hydrogen-bond donors (Lipinski definition) is 0. The number of nitrogens with zero attached hydrogens (tertiary/aromatic N) is 1. The maximum absolute atomic E-state index is 12.2. The van der Waals surface area contributed by atoms with Crippen molar-refractivity contribution in [2.45, 2.75) is 115 Å². The van der Waals surface area contributed by atoms with Crippen molar-refractivity contribution < 1.29 is 19.1 Å². The Morgan fingerprint density at radius 3 is 2.56 bits per heavy atom. The number of fused-ring (bicyclic) bond motifs is 5. The van der Waals surface area contributed by atoms with Gasteiger partial charge in [0.15, 0.2) is 11.4 Å². The third-order valence-corrected chi connectivity index (χ3v) is 12.0. The standard InChI is InChI=1S/C27H39NO4/c1-15-22-20(30-27(15)11-10-23(2,3)31-27)14-26-18-7-6-16-12-17(29)8-9-24(16,4)19(18)13-21(26)28-32-25(22,26)5/h15-16,18-20,22H,6-14H2,1-5H3/t15-,16-,18+,19-,20-,22-,24-,25+,26-,27-/m0/s1. The van der Waals surface area contributed by atoms with Crippen molar-refractivity contribution in [3.8, 4) is 0 Å². The topological polar surface area (TPSA) is 57.1 Å². The number of Topliss-reactive ketones (excluding diaryl/α,β-unsaturated/α-hetero) is 1. The van der Waals surface area contributed by atoms with Gasteiger partial charge in [-0.25, -0.2) is 0 Å². The molecule has 6 fully saturated rings. The van der Waals surface area contributed by atoms with Crippen LogP contribution in [0.1, 0.15) is 92.4 Å². The fourth-order valence-electron chi connectivity index (χ4n) is 10.4. The largest absolute Gasteiger partial charge is 0.388 e. The van der Waals surface area contributed by atoms with Crippen molar-refractivity contribution in [1.82, 2.24) is 0 Å². The van der Waals surface area contributed by atoms with Gasteiger partial charge in [0.1, 0.15) is 5.78 Å². The molecule has 4 aliphatic carbocycles. The van der Waals surface area contributed by atoms with E-state index in [0.717, 1.165) is 44.9 Å². The summed E-state index contributed by atoms with van der Waals surface area (Å²) in [5.74, 6) is 2.42. The van der Waals surface area contributed by atoms with E-state index in [4.69, 9.17) is 19.5 Å². The lowest BCUT2D eigenvalue weighted by molar-refractivity contribution is -0.255. The second-order valence-corrected chi connectivity index (χ2v) is 13.5. The van der Waals surface area contributed by atoms with Crippen LogP contribution in [0.15, 0.2) is 5.16 Å². The Balaban J connectivity index is 1.25. The fraction of sp³-hybridized carbons (Fsp3) is 0.926. The number of oxime groups is 1. The molecule has 0 aromatic carbocycles. The van der Waals surface area contributed by atoms with Crippen LogP contribution in [0, 0.1) is 40.4 Å². The van der Waals surface area contributed by atoms with Gasteiger partial charge in [-0.05, 0) is 82.5 Å². The molecule has 2 spiro atoms. The summed E-state index contributed by atoms with van der Waals surface area (Å²) in [6.45, 7) is 11.6. The third kappa shape index (κ3) is 2.11. The van der Waals surface area contributed by atoms with E-state index in [1.165, 1.54) is 18.6 Å². The first-order valence-corrected chi connectivity index (χ1v) is 13.2. The molecule has 0 aromatic heterocycles. The van der Waals surface area contributed by atoms with Gasteiger partial charge < -0.3 is 14.3 Å². The fourth-order valence-corrected chi connectivity index (χ4v) is 10.4. The normalized spacial score (nSPS) is 59.3. The first-order chi connectivity index (χ1) is 15.0. The highest BCUT2D eigenvalue weighted by atomic mass is 16.7. The summed E-state index contributed by atoms with van der Waals surface area (Å²) in [4.78, 5) is 18.7. The van der Waals surface area contributed by atoms with Crippen LogP contribution >= 0.6 is 0 Å². The highest BCUT2D eigenvalue weighted by molar-refractivity contribution is 5.96. The number of ether oxygens (including phenoxy) is 2. The van der Waals surface area contributed by atoms with Crippen LogP contribution in [0.25, 0.3) is 0 Å². The van der Waals surface area contributed by atoms with Gasteiger partial charge in [-0.1, -0.05) is 19.0 Å². The number of carbonyl (C=O) groups excluding carboxylic acids is 1. The zero-order valence-electron chi connectivity index (χ0n) is 20.4. The summed E-state index contributed by atoms with van der Waals surface area (Å²) in [6, 6.07) is 0. The number of carbonyl (C=O) groups is 1. The molecule has 0 radical (unpaired) electrons. The predicted octanol–water partition coefficient (Wildman–Crippen LogP) is 5.26. The number of hydrogen-bond acceptors (Lipinski definition) is 5. The maximum Gasteiger partial charge on any atom is 0.172 e. The molecule has 5 nitrogen and oxygen atoms in total. The zero-order valence-corrected chi connectivity index (χ0v) is 20.4. The van der Waals surface area contributed by atoms with Crippen molar-refractivity contribution in [2.75, 3.05) is 0 Å². The lowest BCUT2D eigenvalue weighted by Crippen LogP contribution is -2.55. The van der Waals surface area contributed by atoms with Crippen LogP contribution in [-0.4, -0.2) is 34.6 Å². The van der Waals surface area contributed by atoms with Gasteiger partial charge in [-0.2, -0.15) is 0 Å². The van der Waals surface area contributed by atoms with E-state index >= 15 is 0 Å². The molecular weight excluding hydrogens is 402 g/mol. The Kier molecular flexibility index (Phi) is 3.71. The number of rotatable bonds is 0. The summed E-state index contributed by atoms with van der Waals surface area (Å²) < 4.78 is 13.5. The van der Waals surface area contributed by atoms with E-state index in [2.05, 4.69) is 34.6 Å². The second-order valence-electron chi connectivity index (χ2n) is 13.5. The van der Waals surface area contributed by atoms with Gasteiger partial charge in [0.25, 0.3) is 0 Å². The molecule has 0 bridgehead atoms. The summed E-state index contributed by atoms with van der Waals surface area (Å²) in [7, 11) is 0. The first kappa shape index (κ1) is 20.4. The van der Waals surface area contributed by atoms with Crippen LogP contribution in [0.4, 0.5) is 0 Å². The molecule has 32 heavy (non-hydrogen) atoms. The van der Waals surface area contributed by atoms with Crippen LogP contribution in [-0.2, 0) is 19.1 Å². The van der Waals surface area contributed by atoms with Gasteiger partial charge in [-0.15, -0.1) is 0 Å². The van der Waals surface area contributed by atoms with Crippen molar-refractivity contribution >= 4 is 11.5 Å². The molecule has 4 saturated carbocycles. The minimum absolute atomic E-state index is 0.00638. The van der Waals surface area contributed by atoms with E-state index < -0.39 is 5.79 Å². The first-order valence-electron chi connectivity index (χ1n) is 13.2. The average molecular weight is 442 g/mol. The van der Waals surface area contributed by atoms with E-state index in [-0.39, 0.29) is 28.1 Å². The minimum atomic E-state index is -0.457. The zero-order chi connectivity index (χ0) is 22.3. The van der Waals surface area contributed by atoms with Crippen LogP contribution in [0.3, 0.4) is 0 Å². The maximum atomic E-state index is 12.2. The molecule has 3 heterocycles.